The van der Waals surface area contributed by atoms with Crippen molar-refractivity contribution >= 4 is 16.8 Å². The monoisotopic (exact) mass is 279 g/mol. The molecule has 21 heavy (non-hydrogen) atoms. The Morgan fingerprint density at radius 2 is 1.86 bits per heavy atom. The van der Waals surface area contributed by atoms with Gasteiger partial charge >= 0.3 is 0 Å². The maximum atomic E-state index is 12.4. The van der Waals surface area contributed by atoms with Gasteiger partial charge in [0.15, 0.2) is 0 Å². The number of carbonyl (C=O) groups is 1. The van der Waals surface area contributed by atoms with E-state index < -0.39 is 0 Å². The number of amides is 1. The maximum absolute atomic E-state index is 12.4. The van der Waals surface area contributed by atoms with Gasteiger partial charge in [0.2, 0.25) is 0 Å². The summed E-state index contributed by atoms with van der Waals surface area (Å²) in [5.74, 6) is -0.0881. The first-order chi connectivity index (χ1) is 10.3. The van der Waals surface area contributed by atoms with Crippen molar-refractivity contribution in [2.45, 2.75) is 13.1 Å². The quantitative estimate of drug-likeness (QED) is 0.687. The molecule has 1 aromatic heterocycles. The van der Waals surface area contributed by atoms with Gasteiger partial charge in [0, 0.05) is 24.7 Å². The largest absolute Gasteiger partial charge is 0.361 e. The van der Waals surface area contributed by atoms with Crippen LogP contribution in [-0.4, -0.2) is 10.9 Å². The third-order valence-electron chi connectivity index (χ3n) is 3.61. The highest BCUT2D eigenvalue weighted by Gasteiger charge is 2.10. The van der Waals surface area contributed by atoms with Crippen molar-refractivity contribution in [3.05, 3.63) is 71.4 Å². The molecule has 0 bridgehead atoms. The second kappa shape index (κ2) is 5.81. The van der Waals surface area contributed by atoms with Crippen LogP contribution in [0.2, 0.25) is 0 Å². The minimum Gasteiger partial charge on any atom is -0.361 e. The van der Waals surface area contributed by atoms with Gasteiger partial charge in [-0.25, -0.2) is 0 Å². The summed E-state index contributed by atoms with van der Waals surface area (Å²) in [6.45, 7) is 0.946. The van der Waals surface area contributed by atoms with Crippen LogP contribution in [0.4, 0.5) is 0 Å². The summed E-state index contributed by atoms with van der Waals surface area (Å²) in [7, 11) is 0. The zero-order chi connectivity index (χ0) is 14.7. The Morgan fingerprint density at radius 1 is 1.05 bits per heavy atom. The standard InChI is InChI=1S/C17H17N3O/c18-10-13-4-1-2-5-14(13)11-20-17(21)15-7-3-6-12-8-9-19-16(12)15/h1-9,19H,10-11,18H2,(H,20,21). The van der Waals surface area contributed by atoms with Gasteiger partial charge < -0.3 is 16.0 Å². The highest BCUT2D eigenvalue weighted by Crippen LogP contribution is 2.17. The van der Waals surface area contributed by atoms with E-state index in [1.165, 1.54) is 0 Å². The van der Waals surface area contributed by atoms with Crippen molar-refractivity contribution in [2.24, 2.45) is 5.73 Å². The second-order valence-electron chi connectivity index (χ2n) is 4.90. The third-order valence-corrected chi connectivity index (χ3v) is 3.61. The van der Waals surface area contributed by atoms with Crippen molar-refractivity contribution in [3.8, 4) is 0 Å². The van der Waals surface area contributed by atoms with Gasteiger partial charge in [0.05, 0.1) is 11.1 Å². The molecule has 1 heterocycles. The van der Waals surface area contributed by atoms with Gasteiger partial charge in [-0.1, -0.05) is 36.4 Å². The van der Waals surface area contributed by atoms with Gasteiger partial charge in [0.25, 0.3) is 5.91 Å². The fourth-order valence-corrected chi connectivity index (χ4v) is 2.47. The zero-order valence-corrected chi connectivity index (χ0v) is 11.6. The number of benzene rings is 2. The Kier molecular flexibility index (Phi) is 3.71. The van der Waals surface area contributed by atoms with Crippen LogP contribution in [-0.2, 0) is 13.1 Å². The van der Waals surface area contributed by atoms with Crippen molar-refractivity contribution in [2.75, 3.05) is 0 Å². The van der Waals surface area contributed by atoms with Gasteiger partial charge in [-0.3, -0.25) is 4.79 Å². The lowest BCUT2D eigenvalue weighted by atomic mass is 10.1. The molecule has 0 aliphatic heterocycles. The predicted octanol–water partition coefficient (Wildman–Crippen LogP) is 2.56. The lowest BCUT2D eigenvalue weighted by molar-refractivity contribution is 0.0952. The first kappa shape index (κ1) is 13.4. The number of hydrogen-bond acceptors (Lipinski definition) is 2. The molecule has 0 fully saturated rings. The number of H-pyrrole nitrogens is 1. The number of aromatic nitrogens is 1. The number of para-hydroxylation sites is 1. The maximum Gasteiger partial charge on any atom is 0.253 e. The Labute approximate surface area is 123 Å². The highest BCUT2D eigenvalue weighted by molar-refractivity contribution is 6.05. The number of nitrogens with two attached hydrogens (primary N) is 1. The summed E-state index contributed by atoms with van der Waals surface area (Å²) in [5, 5.41) is 3.99. The smallest absolute Gasteiger partial charge is 0.253 e. The fraction of sp³-hybridized carbons (Fsp3) is 0.118. The van der Waals surface area contributed by atoms with E-state index in [9.17, 15) is 4.79 Å². The highest BCUT2D eigenvalue weighted by atomic mass is 16.1. The molecule has 0 spiro atoms. The van der Waals surface area contributed by atoms with E-state index >= 15 is 0 Å². The minimum atomic E-state index is -0.0881. The topological polar surface area (TPSA) is 70.9 Å². The Bertz CT molecular complexity index is 776. The number of fused-ring (bicyclic) bond motifs is 1. The van der Waals surface area contributed by atoms with Crippen LogP contribution in [0.3, 0.4) is 0 Å². The van der Waals surface area contributed by atoms with Crippen molar-refractivity contribution in [1.82, 2.24) is 10.3 Å². The number of carbonyl (C=O) groups excluding carboxylic acids is 1. The Balaban J connectivity index is 1.79. The molecule has 0 radical (unpaired) electrons. The van der Waals surface area contributed by atoms with E-state index in [4.69, 9.17) is 5.73 Å². The summed E-state index contributed by atoms with van der Waals surface area (Å²) in [6, 6.07) is 15.5. The molecule has 0 atom stereocenters. The molecule has 4 heteroatoms. The van der Waals surface area contributed by atoms with E-state index in [0.717, 1.165) is 22.0 Å². The van der Waals surface area contributed by atoms with Crippen LogP contribution in [0.5, 0.6) is 0 Å². The van der Waals surface area contributed by atoms with E-state index in [1.54, 1.807) is 0 Å². The van der Waals surface area contributed by atoms with E-state index in [0.29, 0.717) is 18.7 Å². The number of hydrogen-bond donors (Lipinski definition) is 3. The molecule has 2 aromatic carbocycles. The first-order valence-electron chi connectivity index (χ1n) is 6.91. The minimum absolute atomic E-state index is 0.0881. The molecule has 4 nitrogen and oxygen atoms in total. The van der Waals surface area contributed by atoms with E-state index in [-0.39, 0.29) is 5.91 Å². The van der Waals surface area contributed by atoms with E-state index in [1.807, 2.05) is 54.7 Å². The van der Waals surface area contributed by atoms with Gasteiger partial charge in [0.1, 0.15) is 0 Å². The van der Waals surface area contributed by atoms with Crippen LogP contribution < -0.4 is 11.1 Å². The average Bonchev–Trinajstić information content (AvgIpc) is 3.01. The second-order valence-corrected chi connectivity index (χ2v) is 4.90. The van der Waals surface area contributed by atoms with Gasteiger partial charge in [-0.15, -0.1) is 0 Å². The molecule has 3 rings (SSSR count). The van der Waals surface area contributed by atoms with Crippen LogP contribution in [0.15, 0.2) is 54.7 Å². The number of rotatable bonds is 4. The first-order valence-corrected chi connectivity index (χ1v) is 6.91. The number of nitrogens with one attached hydrogen (secondary N) is 2. The summed E-state index contributed by atoms with van der Waals surface area (Å²) >= 11 is 0. The van der Waals surface area contributed by atoms with Gasteiger partial charge in [-0.2, -0.15) is 0 Å². The fourth-order valence-electron chi connectivity index (χ4n) is 2.47. The molecule has 0 saturated heterocycles. The zero-order valence-electron chi connectivity index (χ0n) is 11.6. The average molecular weight is 279 g/mol. The van der Waals surface area contributed by atoms with E-state index in [2.05, 4.69) is 10.3 Å². The predicted molar refractivity (Wildman–Crippen MR) is 83.8 cm³/mol. The summed E-state index contributed by atoms with van der Waals surface area (Å²) in [6.07, 6.45) is 1.84. The SMILES string of the molecule is NCc1ccccc1CNC(=O)c1cccc2cc[nH]c12. The molecule has 3 aromatic rings. The lowest BCUT2D eigenvalue weighted by Gasteiger charge is -2.10. The van der Waals surface area contributed by atoms with Crippen molar-refractivity contribution < 1.29 is 4.79 Å². The molecule has 1 amide bonds. The summed E-state index contributed by atoms with van der Waals surface area (Å²) in [5.41, 5.74) is 9.33. The molecular weight excluding hydrogens is 262 g/mol. The molecule has 0 unspecified atom stereocenters. The summed E-state index contributed by atoms with van der Waals surface area (Å²) in [4.78, 5) is 15.5. The molecule has 0 aliphatic carbocycles. The van der Waals surface area contributed by atoms with Crippen molar-refractivity contribution in [3.63, 3.8) is 0 Å². The van der Waals surface area contributed by atoms with Gasteiger partial charge in [-0.05, 0) is 23.3 Å². The summed E-state index contributed by atoms with van der Waals surface area (Å²) < 4.78 is 0. The van der Waals surface area contributed by atoms with Crippen LogP contribution in [0.1, 0.15) is 21.5 Å². The molecular formula is C17H17N3O. The Hall–Kier alpha value is -2.59. The molecule has 0 aliphatic rings. The normalized spacial score (nSPS) is 10.7. The Morgan fingerprint density at radius 3 is 2.67 bits per heavy atom. The van der Waals surface area contributed by atoms with Crippen LogP contribution in [0, 0.1) is 0 Å². The number of aromatic amines is 1. The molecule has 106 valence electrons. The molecule has 0 saturated carbocycles. The lowest BCUT2D eigenvalue weighted by Crippen LogP contribution is -2.24. The third kappa shape index (κ3) is 2.66. The van der Waals surface area contributed by atoms with Crippen molar-refractivity contribution in [1.29, 1.82) is 0 Å². The van der Waals surface area contributed by atoms with Crippen LogP contribution >= 0.6 is 0 Å². The van der Waals surface area contributed by atoms with Crippen LogP contribution in [0.25, 0.3) is 10.9 Å². The molecule has 4 N–H and O–H groups in total.